The minimum absolute atomic E-state index is 0.0137. The van der Waals surface area contributed by atoms with Crippen molar-refractivity contribution in [3.63, 3.8) is 0 Å². The highest BCUT2D eigenvalue weighted by Crippen LogP contribution is 2.47. The fourth-order valence-electron chi connectivity index (χ4n) is 3.44. The molecular weight excluding hydrogens is 443 g/mol. The maximum atomic E-state index is 6.51. The number of rotatable bonds is 4. The number of benzene rings is 2. The lowest BCUT2D eigenvalue weighted by Gasteiger charge is -2.11. The van der Waals surface area contributed by atoms with Gasteiger partial charge in [-0.2, -0.15) is 5.10 Å². The third-order valence-electron chi connectivity index (χ3n) is 5.52. The zero-order valence-corrected chi connectivity index (χ0v) is 18.6. The van der Waals surface area contributed by atoms with Crippen LogP contribution in [0.2, 0.25) is 15.1 Å². The summed E-state index contributed by atoms with van der Waals surface area (Å²) >= 11 is 18.7. The van der Waals surface area contributed by atoms with Gasteiger partial charge in [-0.05, 0) is 50.1 Å². The molecule has 1 aliphatic rings. The fraction of sp³-hybridized carbons (Fsp3) is 0.227. The summed E-state index contributed by atoms with van der Waals surface area (Å²) in [4.78, 5) is 0. The first kappa shape index (κ1) is 19.6. The van der Waals surface area contributed by atoms with Crippen molar-refractivity contribution in [2.45, 2.75) is 32.1 Å². The Balaban J connectivity index is 1.71. The van der Waals surface area contributed by atoms with Crippen LogP contribution < -0.4 is 0 Å². The van der Waals surface area contributed by atoms with Gasteiger partial charge in [0.05, 0.1) is 16.4 Å². The van der Waals surface area contributed by atoms with Crippen LogP contribution in [0.15, 0.2) is 46.9 Å². The van der Waals surface area contributed by atoms with Crippen LogP contribution >= 0.6 is 34.8 Å². The normalized spacial score (nSPS) is 14.8. The lowest BCUT2D eigenvalue weighted by atomic mass is 10.1. The largest absolute Gasteiger partial charge is 0.419 e. The van der Waals surface area contributed by atoms with E-state index in [1.165, 1.54) is 0 Å². The Morgan fingerprint density at radius 3 is 2.33 bits per heavy atom. The summed E-state index contributed by atoms with van der Waals surface area (Å²) in [5.74, 6) is 1.05. The van der Waals surface area contributed by atoms with Crippen LogP contribution in [0.25, 0.3) is 28.5 Å². The standard InChI is InChI=1S/C22H17Cl3N4O/c1-12-18(20-26-27-21(30-20)22(2)9-10-22)28-29(17-8-7-15(24)11-16(17)25)19(12)13-3-5-14(23)6-4-13/h3-8,11H,9-10H2,1-2H3. The van der Waals surface area contributed by atoms with Crippen molar-refractivity contribution in [1.82, 2.24) is 20.0 Å². The number of halogens is 3. The van der Waals surface area contributed by atoms with Crippen molar-refractivity contribution in [1.29, 1.82) is 0 Å². The Kier molecular flexibility index (Phi) is 4.65. The minimum atomic E-state index is -0.0137. The number of aromatic nitrogens is 4. The molecule has 152 valence electrons. The third-order valence-corrected chi connectivity index (χ3v) is 6.31. The summed E-state index contributed by atoms with van der Waals surface area (Å²) in [5, 5.41) is 15.1. The molecule has 0 atom stereocenters. The zero-order valence-electron chi connectivity index (χ0n) is 16.3. The Morgan fingerprint density at radius 2 is 1.67 bits per heavy atom. The van der Waals surface area contributed by atoms with Crippen molar-refractivity contribution in [2.24, 2.45) is 0 Å². The van der Waals surface area contributed by atoms with Gasteiger partial charge in [0.2, 0.25) is 5.89 Å². The lowest BCUT2D eigenvalue weighted by molar-refractivity contribution is 0.457. The predicted molar refractivity (Wildman–Crippen MR) is 119 cm³/mol. The topological polar surface area (TPSA) is 56.7 Å². The van der Waals surface area contributed by atoms with Crippen molar-refractivity contribution < 1.29 is 4.42 Å². The first-order valence-electron chi connectivity index (χ1n) is 9.51. The molecule has 30 heavy (non-hydrogen) atoms. The van der Waals surface area contributed by atoms with E-state index in [1.54, 1.807) is 16.8 Å². The molecule has 2 aromatic heterocycles. The summed E-state index contributed by atoms with van der Waals surface area (Å²) in [6.45, 7) is 4.11. The first-order chi connectivity index (χ1) is 14.4. The van der Waals surface area contributed by atoms with Crippen LogP contribution in [0.5, 0.6) is 0 Å². The maximum absolute atomic E-state index is 6.51. The molecule has 0 N–H and O–H groups in total. The number of hydrogen-bond donors (Lipinski definition) is 0. The summed E-state index contributed by atoms with van der Waals surface area (Å²) in [6.07, 6.45) is 2.11. The second-order valence-corrected chi connectivity index (χ2v) is 9.09. The highest BCUT2D eigenvalue weighted by molar-refractivity contribution is 6.35. The molecule has 0 bridgehead atoms. The highest BCUT2D eigenvalue weighted by atomic mass is 35.5. The molecule has 0 saturated heterocycles. The van der Waals surface area contributed by atoms with E-state index < -0.39 is 0 Å². The van der Waals surface area contributed by atoms with E-state index in [9.17, 15) is 0 Å². The molecule has 8 heteroatoms. The Bertz CT molecular complexity index is 1260. The van der Waals surface area contributed by atoms with Gasteiger partial charge in [-0.15, -0.1) is 10.2 Å². The maximum Gasteiger partial charge on any atom is 0.268 e. The molecule has 0 amide bonds. The third kappa shape index (κ3) is 3.31. The SMILES string of the molecule is Cc1c(-c2nnc(C3(C)CC3)o2)nn(-c2ccc(Cl)cc2Cl)c1-c1ccc(Cl)cc1. The Labute approximate surface area is 188 Å². The van der Waals surface area contributed by atoms with Crippen LogP contribution in [0, 0.1) is 6.92 Å². The van der Waals surface area contributed by atoms with E-state index in [2.05, 4.69) is 17.1 Å². The van der Waals surface area contributed by atoms with Crippen LogP contribution in [0.4, 0.5) is 0 Å². The average molecular weight is 460 g/mol. The van der Waals surface area contributed by atoms with Crippen LogP contribution in [0.3, 0.4) is 0 Å². The van der Waals surface area contributed by atoms with Gasteiger partial charge in [0.25, 0.3) is 5.89 Å². The van der Waals surface area contributed by atoms with Gasteiger partial charge in [-0.25, -0.2) is 4.68 Å². The molecule has 5 nitrogen and oxygen atoms in total. The van der Waals surface area contributed by atoms with Crippen LogP contribution in [-0.4, -0.2) is 20.0 Å². The van der Waals surface area contributed by atoms with Gasteiger partial charge in [-0.3, -0.25) is 0 Å². The smallest absolute Gasteiger partial charge is 0.268 e. The molecule has 1 aliphatic carbocycles. The first-order valence-corrected chi connectivity index (χ1v) is 10.6. The summed E-state index contributed by atoms with van der Waals surface area (Å²) in [7, 11) is 0. The molecule has 5 rings (SSSR count). The quantitative estimate of drug-likeness (QED) is 0.333. The van der Waals surface area contributed by atoms with Crippen molar-refractivity contribution in [2.75, 3.05) is 0 Å². The molecule has 1 saturated carbocycles. The molecule has 2 heterocycles. The molecule has 0 unspecified atom stereocenters. The summed E-state index contributed by atoms with van der Waals surface area (Å²) < 4.78 is 7.80. The Hall–Kier alpha value is -2.34. The fourth-order valence-corrected chi connectivity index (χ4v) is 4.05. The number of nitrogens with zero attached hydrogens (tertiary/aromatic N) is 4. The summed E-state index contributed by atoms with van der Waals surface area (Å²) in [5.41, 5.74) is 4.02. The molecule has 0 aliphatic heterocycles. The van der Waals surface area contributed by atoms with E-state index in [1.807, 2.05) is 37.3 Å². The lowest BCUT2D eigenvalue weighted by Crippen LogP contribution is -2.00. The van der Waals surface area contributed by atoms with Gasteiger partial charge in [-0.1, -0.05) is 53.9 Å². The molecule has 1 fully saturated rings. The Morgan fingerprint density at radius 1 is 0.967 bits per heavy atom. The zero-order chi connectivity index (χ0) is 21.0. The molecular formula is C22H17Cl3N4O. The molecule has 4 aromatic rings. The van der Waals surface area contributed by atoms with Gasteiger partial charge >= 0.3 is 0 Å². The monoisotopic (exact) mass is 458 g/mol. The van der Waals surface area contributed by atoms with E-state index in [-0.39, 0.29) is 5.41 Å². The van der Waals surface area contributed by atoms with Gasteiger partial charge in [0.15, 0.2) is 5.69 Å². The van der Waals surface area contributed by atoms with Crippen LogP contribution in [0.1, 0.15) is 31.2 Å². The molecule has 0 spiro atoms. The van der Waals surface area contributed by atoms with E-state index in [4.69, 9.17) is 44.3 Å². The van der Waals surface area contributed by atoms with Gasteiger partial charge in [0.1, 0.15) is 0 Å². The van der Waals surface area contributed by atoms with Gasteiger partial charge < -0.3 is 4.42 Å². The number of hydrogen-bond acceptors (Lipinski definition) is 4. The minimum Gasteiger partial charge on any atom is -0.419 e. The van der Waals surface area contributed by atoms with Gasteiger partial charge in [0, 0.05) is 26.6 Å². The van der Waals surface area contributed by atoms with E-state index in [0.717, 1.165) is 29.7 Å². The van der Waals surface area contributed by atoms with E-state index in [0.29, 0.717) is 38.2 Å². The van der Waals surface area contributed by atoms with E-state index >= 15 is 0 Å². The molecule has 2 aromatic carbocycles. The average Bonchev–Trinajstić information content (AvgIpc) is 3.13. The van der Waals surface area contributed by atoms with Crippen LogP contribution in [-0.2, 0) is 5.41 Å². The second-order valence-electron chi connectivity index (χ2n) is 7.81. The highest BCUT2D eigenvalue weighted by Gasteiger charge is 2.44. The van der Waals surface area contributed by atoms with Crippen molar-refractivity contribution in [3.05, 3.63) is 69.0 Å². The van der Waals surface area contributed by atoms with Crippen molar-refractivity contribution >= 4 is 34.8 Å². The second kappa shape index (κ2) is 7.12. The molecule has 0 radical (unpaired) electrons. The predicted octanol–water partition coefficient (Wildman–Crippen LogP) is 6.91. The van der Waals surface area contributed by atoms with Crippen molar-refractivity contribution in [3.8, 4) is 28.5 Å². The summed E-state index contributed by atoms with van der Waals surface area (Å²) in [6, 6.07) is 12.9.